The van der Waals surface area contributed by atoms with E-state index >= 15 is 0 Å². The van der Waals surface area contributed by atoms with Gasteiger partial charge in [-0.15, -0.1) is 0 Å². The van der Waals surface area contributed by atoms with Crippen LogP contribution in [0.25, 0.3) is 11.0 Å². The van der Waals surface area contributed by atoms with Gasteiger partial charge in [-0.2, -0.15) is 0 Å². The second-order valence-electron chi connectivity index (χ2n) is 6.55. The van der Waals surface area contributed by atoms with Crippen molar-refractivity contribution in [2.24, 2.45) is 0 Å². The number of esters is 3. The highest BCUT2D eigenvalue weighted by Crippen LogP contribution is 2.25. The molecule has 12 heteroatoms. The Bertz CT molecular complexity index is 952. The summed E-state index contributed by atoms with van der Waals surface area (Å²) >= 11 is 7.56. The highest BCUT2D eigenvalue weighted by molar-refractivity contribution is 7.98. The Hall–Kier alpha value is -2.37. The van der Waals surface area contributed by atoms with Crippen LogP contribution in [0, 0.1) is 0 Å². The van der Waals surface area contributed by atoms with Gasteiger partial charge in [0.25, 0.3) is 0 Å². The zero-order valence-electron chi connectivity index (χ0n) is 17.8. The summed E-state index contributed by atoms with van der Waals surface area (Å²) in [6.07, 6.45) is 0.771. The summed E-state index contributed by atoms with van der Waals surface area (Å²) < 4.78 is 23.2. The maximum atomic E-state index is 11.6. The van der Waals surface area contributed by atoms with Gasteiger partial charge in [-0.05, 0) is 19.2 Å². The third-order valence-electron chi connectivity index (χ3n) is 4.10. The van der Waals surface area contributed by atoms with E-state index in [-0.39, 0.29) is 13.3 Å². The van der Waals surface area contributed by atoms with Gasteiger partial charge in [0.05, 0.1) is 5.39 Å². The Morgan fingerprint density at radius 2 is 1.81 bits per heavy atom. The molecule has 3 atom stereocenters. The molecule has 0 aromatic carbocycles. The normalized spacial score (nSPS) is 14.0. The molecule has 0 spiro atoms. The molecule has 2 rings (SSSR count). The van der Waals surface area contributed by atoms with Crippen LogP contribution in [0.2, 0.25) is 5.15 Å². The van der Waals surface area contributed by atoms with Crippen LogP contribution in [-0.2, 0) is 40.1 Å². The number of aromatic nitrogens is 3. The highest BCUT2D eigenvalue weighted by atomic mass is 35.5. The Morgan fingerprint density at radius 3 is 2.39 bits per heavy atom. The standard InChI is InChI=1S/C19H24ClN3O7S/c1-10(29-12(3)25)16(30-13(4)26)15(8-27-11(2)24)28-9-23-7-6-14-17(20)21-19(31-5)22-18(14)23/h6-7,10,15-16H,8-9H2,1-5H3/t10-,15+,16-/m0/s1. The molecule has 0 aliphatic carbocycles. The minimum absolute atomic E-state index is 0.0266. The van der Waals surface area contributed by atoms with Gasteiger partial charge >= 0.3 is 17.9 Å². The summed E-state index contributed by atoms with van der Waals surface area (Å²) in [5.74, 6) is -1.69. The predicted octanol–water partition coefficient (Wildman–Crippen LogP) is 2.60. The lowest BCUT2D eigenvalue weighted by atomic mass is 10.1. The Balaban J connectivity index is 2.29. The Labute approximate surface area is 188 Å². The number of carbonyl (C=O) groups excluding carboxylic acids is 3. The lowest BCUT2D eigenvalue weighted by Gasteiger charge is -2.30. The van der Waals surface area contributed by atoms with E-state index in [1.165, 1.54) is 32.5 Å². The molecule has 0 saturated carbocycles. The van der Waals surface area contributed by atoms with E-state index in [1.54, 1.807) is 23.8 Å². The number of carbonyl (C=O) groups is 3. The molecule has 0 saturated heterocycles. The summed E-state index contributed by atoms with van der Waals surface area (Å²) in [4.78, 5) is 43.0. The van der Waals surface area contributed by atoms with Gasteiger partial charge in [-0.3, -0.25) is 14.4 Å². The van der Waals surface area contributed by atoms with E-state index in [0.29, 0.717) is 21.3 Å². The van der Waals surface area contributed by atoms with Crippen molar-refractivity contribution in [2.45, 2.75) is 57.9 Å². The van der Waals surface area contributed by atoms with Crippen LogP contribution >= 0.6 is 23.4 Å². The van der Waals surface area contributed by atoms with Crippen molar-refractivity contribution < 1.29 is 33.3 Å². The fourth-order valence-electron chi connectivity index (χ4n) is 2.81. The third kappa shape index (κ3) is 7.08. The van der Waals surface area contributed by atoms with Crippen molar-refractivity contribution in [3.8, 4) is 0 Å². The largest absolute Gasteiger partial charge is 0.463 e. The summed E-state index contributed by atoms with van der Waals surface area (Å²) in [5, 5.41) is 1.45. The van der Waals surface area contributed by atoms with Crippen molar-refractivity contribution in [1.29, 1.82) is 0 Å². The van der Waals surface area contributed by atoms with Crippen molar-refractivity contribution in [3.05, 3.63) is 17.4 Å². The van der Waals surface area contributed by atoms with E-state index in [9.17, 15) is 14.4 Å². The number of fused-ring (bicyclic) bond motifs is 1. The second-order valence-corrected chi connectivity index (χ2v) is 7.68. The molecule has 0 radical (unpaired) electrons. The van der Waals surface area contributed by atoms with Crippen LogP contribution in [0.15, 0.2) is 17.4 Å². The van der Waals surface area contributed by atoms with Gasteiger partial charge < -0.3 is 23.5 Å². The number of thioether (sulfide) groups is 1. The summed E-state index contributed by atoms with van der Waals surface area (Å²) in [5.41, 5.74) is 0.549. The first-order chi connectivity index (χ1) is 14.6. The third-order valence-corrected chi connectivity index (χ3v) is 4.93. The number of nitrogens with zero attached hydrogens (tertiary/aromatic N) is 3. The number of rotatable bonds is 10. The summed E-state index contributed by atoms with van der Waals surface area (Å²) in [6, 6.07) is 1.75. The number of halogens is 1. The van der Waals surface area contributed by atoms with Gasteiger partial charge in [0.1, 0.15) is 36.3 Å². The van der Waals surface area contributed by atoms with E-state index in [1.807, 2.05) is 6.26 Å². The first kappa shape index (κ1) is 24.9. The number of ether oxygens (including phenoxy) is 4. The molecule has 170 valence electrons. The zero-order chi connectivity index (χ0) is 23.1. The molecule has 0 aliphatic heterocycles. The average Bonchev–Trinajstić information content (AvgIpc) is 3.09. The minimum Gasteiger partial charge on any atom is -0.463 e. The summed E-state index contributed by atoms with van der Waals surface area (Å²) in [7, 11) is 0. The van der Waals surface area contributed by atoms with Gasteiger partial charge in [-0.1, -0.05) is 23.4 Å². The van der Waals surface area contributed by atoms with Gasteiger partial charge in [0, 0.05) is 27.0 Å². The first-order valence-corrected chi connectivity index (χ1v) is 10.9. The first-order valence-electron chi connectivity index (χ1n) is 9.28. The van der Waals surface area contributed by atoms with E-state index in [0.717, 1.165) is 0 Å². The van der Waals surface area contributed by atoms with E-state index in [2.05, 4.69) is 9.97 Å². The Morgan fingerprint density at radius 1 is 1.13 bits per heavy atom. The van der Waals surface area contributed by atoms with Crippen molar-refractivity contribution in [1.82, 2.24) is 14.5 Å². The van der Waals surface area contributed by atoms with Gasteiger partial charge in [0.2, 0.25) is 0 Å². The van der Waals surface area contributed by atoms with Crippen molar-refractivity contribution >= 4 is 52.3 Å². The van der Waals surface area contributed by atoms with Crippen LogP contribution in [-0.4, -0.2) is 63.6 Å². The SMILES string of the molecule is CSc1nc(Cl)c2ccn(CO[C@H](COC(C)=O)[C@@H](OC(C)=O)[C@H](C)OC(C)=O)c2n1. The van der Waals surface area contributed by atoms with Crippen LogP contribution in [0.4, 0.5) is 0 Å². The maximum absolute atomic E-state index is 11.6. The Kier molecular flexibility index (Phi) is 9.08. The molecule has 2 aromatic rings. The molecule has 0 aliphatic rings. The van der Waals surface area contributed by atoms with Gasteiger partial charge in [-0.25, -0.2) is 9.97 Å². The van der Waals surface area contributed by atoms with Crippen molar-refractivity contribution in [3.63, 3.8) is 0 Å². The molecule has 0 amide bonds. The van der Waals surface area contributed by atoms with E-state index in [4.69, 9.17) is 30.5 Å². The molecule has 31 heavy (non-hydrogen) atoms. The smallest absolute Gasteiger partial charge is 0.303 e. The molecular weight excluding hydrogens is 450 g/mol. The van der Waals surface area contributed by atoms with Crippen LogP contribution in [0.5, 0.6) is 0 Å². The lowest BCUT2D eigenvalue weighted by Crippen LogP contribution is -2.45. The minimum atomic E-state index is -1.01. The van der Waals surface area contributed by atoms with Gasteiger partial charge in [0.15, 0.2) is 11.3 Å². The van der Waals surface area contributed by atoms with Crippen molar-refractivity contribution in [2.75, 3.05) is 12.9 Å². The maximum Gasteiger partial charge on any atom is 0.303 e. The fraction of sp³-hybridized carbons (Fsp3) is 0.526. The fourth-order valence-corrected chi connectivity index (χ4v) is 3.45. The van der Waals surface area contributed by atoms with Crippen LogP contribution in [0.3, 0.4) is 0 Å². The number of hydrogen-bond acceptors (Lipinski definition) is 10. The molecule has 0 fully saturated rings. The van der Waals surface area contributed by atoms with E-state index < -0.39 is 36.2 Å². The molecule has 10 nitrogen and oxygen atoms in total. The zero-order valence-corrected chi connectivity index (χ0v) is 19.4. The topological polar surface area (TPSA) is 119 Å². The average molecular weight is 474 g/mol. The molecule has 0 bridgehead atoms. The summed E-state index contributed by atoms with van der Waals surface area (Å²) in [6.45, 7) is 5.02. The lowest BCUT2D eigenvalue weighted by molar-refractivity contribution is -0.186. The van der Waals surface area contributed by atoms with Crippen LogP contribution < -0.4 is 0 Å². The second kappa shape index (κ2) is 11.3. The highest BCUT2D eigenvalue weighted by Gasteiger charge is 2.34. The molecule has 2 aromatic heterocycles. The van der Waals surface area contributed by atoms with Crippen LogP contribution in [0.1, 0.15) is 27.7 Å². The quantitative estimate of drug-likeness (QED) is 0.167. The number of hydrogen-bond donors (Lipinski definition) is 0. The monoisotopic (exact) mass is 473 g/mol. The molecule has 2 heterocycles. The molecule has 0 N–H and O–H groups in total. The molecule has 0 unspecified atom stereocenters. The molecular formula is C19H24ClN3O7S. The predicted molar refractivity (Wildman–Crippen MR) is 113 cm³/mol.